The molecule has 0 saturated carbocycles. The van der Waals surface area contributed by atoms with Crippen molar-refractivity contribution < 1.29 is 9.90 Å². The minimum absolute atomic E-state index is 0.120. The van der Waals surface area contributed by atoms with Crippen molar-refractivity contribution in [1.82, 2.24) is 20.0 Å². The number of aromatic carboxylic acids is 1. The molecule has 0 saturated heterocycles. The number of benzene rings is 1. The van der Waals surface area contributed by atoms with Crippen LogP contribution in [-0.2, 0) is 0 Å². The molecule has 110 valence electrons. The average Bonchev–Trinajstić information content (AvgIpc) is 2.96. The van der Waals surface area contributed by atoms with Crippen LogP contribution in [0.5, 0.6) is 0 Å². The van der Waals surface area contributed by atoms with Crippen molar-refractivity contribution in [2.45, 2.75) is 6.92 Å². The first-order chi connectivity index (χ1) is 10.6. The topological polar surface area (TPSA) is 80.9 Å². The molecule has 7 heteroatoms. The average molecular weight is 315 g/mol. The van der Waals surface area contributed by atoms with Gasteiger partial charge in [-0.1, -0.05) is 22.9 Å². The van der Waals surface area contributed by atoms with Crippen LogP contribution >= 0.6 is 11.6 Å². The van der Waals surface area contributed by atoms with Crippen LogP contribution in [0.3, 0.4) is 0 Å². The third-order valence-corrected chi connectivity index (χ3v) is 3.70. The molecular formula is C15H11ClN4O2. The highest BCUT2D eigenvalue weighted by molar-refractivity contribution is 6.31. The second-order valence-corrected chi connectivity index (χ2v) is 5.03. The van der Waals surface area contributed by atoms with Gasteiger partial charge in [0.25, 0.3) is 0 Å². The van der Waals surface area contributed by atoms with E-state index in [-0.39, 0.29) is 5.69 Å². The van der Waals surface area contributed by atoms with Crippen molar-refractivity contribution in [2.24, 2.45) is 0 Å². The summed E-state index contributed by atoms with van der Waals surface area (Å²) in [6.07, 6.45) is 3.17. The van der Waals surface area contributed by atoms with E-state index in [1.54, 1.807) is 36.7 Å². The van der Waals surface area contributed by atoms with Crippen LogP contribution < -0.4 is 0 Å². The first-order valence-corrected chi connectivity index (χ1v) is 6.82. The molecule has 0 fully saturated rings. The molecule has 2 heterocycles. The number of carboxylic acids is 1. The van der Waals surface area contributed by atoms with Crippen LogP contribution in [0, 0.1) is 6.92 Å². The van der Waals surface area contributed by atoms with Gasteiger partial charge in [0.15, 0.2) is 5.69 Å². The van der Waals surface area contributed by atoms with Crippen molar-refractivity contribution in [3.05, 3.63) is 59.0 Å². The highest BCUT2D eigenvalue weighted by Crippen LogP contribution is 2.28. The highest BCUT2D eigenvalue weighted by Gasteiger charge is 2.22. The summed E-state index contributed by atoms with van der Waals surface area (Å²) >= 11 is 6.14. The Morgan fingerprint density at radius 2 is 1.95 bits per heavy atom. The summed E-state index contributed by atoms with van der Waals surface area (Å²) < 4.78 is 1.49. The van der Waals surface area contributed by atoms with E-state index in [9.17, 15) is 9.90 Å². The maximum Gasteiger partial charge on any atom is 0.358 e. The number of rotatable bonds is 3. The largest absolute Gasteiger partial charge is 0.476 e. The predicted octanol–water partition coefficient (Wildman–Crippen LogP) is 2.99. The number of halogens is 1. The molecule has 3 rings (SSSR count). The summed E-state index contributed by atoms with van der Waals surface area (Å²) in [5, 5.41) is 17.7. The van der Waals surface area contributed by atoms with E-state index in [0.29, 0.717) is 22.0 Å². The lowest BCUT2D eigenvalue weighted by atomic mass is 10.1. The van der Waals surface area contributed by atoms with Gasteiger partial charge >= 0.3 is 5.97 Å². The molecule has 0 amide bonds. The molecule has 0 unspecified atom stereocenters. The Morgan fingerprint density at radius 1 is 1.23 bits per heavy atom. The van der Waals surface area contributed by atoms with Crippen molar-refractivity contribution in [3.63, 3.8) is 0 Å². The van der Waals surface area contributed by atoms with Gasteiger partial charge in [0, 0.05) is 23.0 Å². The zero-order valence-electron chi connectivity index (χ0n) is 11.6. The number of aromatic nitrogens is 4. The molecule has 0 spiro atoms. The van der Waals surface area contributed by atoms with Gasteiger partial charge in [-0.3, -0.25) is 4.98 Å². The van der Waals surface area contributed by atoms with E-state index >= 15 is 0 Å². The zero-order chi connectivity index (χ0) is 15.7. The monoisotopic (exact) mass is 314 g/mol. The molecule has 0 atom stereocenters. The third-order valence-electron chi connectivity index (χ3n) is 3.29. The summed E-state index contributed by atoms with van der Waals surface area (Å²) in [7, 11) is 0. The van der Waals surface area contributed by atoms with Crippen molar-refractivity contribution in [1.29, 1.82) is 0 Å². The van der Waals surface area contributed by atoms with Crippen LogP contribution in [0.2, 0.25) is 5.02 Å². The number of carboxylic acid groups (broad SMARTS) is 1. The summed E-state index contributed by atoms with van der Waals surface area (Å²) in [6.45, 7) is 1.84. The van der Waals surface area contributed by atoms with Gasteiger partial charge in [0.1, 0.15) is 5.69 Å². The molecule has 1 N–H and O–H groups in total. The first-order valence-electron chi connectivity index (χ1n) is 6.44. The fourth-order valence-corrected chi connectivity index (χ4v) is 2.36. The van der Waals surface area contributed by atoms with E-state index in [0.717, 1.165) is 5.56 Å². The van der Waals surface area contributed by atoms with Crippen LogP contribution in [0.1, 0.15) is 16.1 Å². The van der Waals surface area contributed by atoms with Gasteiger partial charge < -0.3 is 5.11 Å². The molecule has 0 aliphatic carbocycles. The molecule has 22 heavy (non-hydrogen) atoms. The third kappa shape index (κ3) is 2.33. The number of carbonyl (C=O) groups is 1. The second-order valence-electron chi connectivity index (χ2n) is 4.62. The molecular weight excluding hydrogens is 304 g/mol. The maximum absolute atomic E-state index is 11.4. The van der Waals surface area contributed by atoms with Crippen LogP contribution in [-0.4, -0.2) is 31.1 Å². The fourth-order valence-electron chi connectivity index (χ4n) is 2.19. The number of hydrogen-bond donors (Lipinski definition) is 1. The molecule has 1 aromatic carbocycles. The normalized spacial score (nSPS) is 10.6. The molecule has 0 bridgehead atoms. The van der Waals surface area contributed by atoms with Crippen molar-refractivity contribution in [3.8, 4) is 16.9 Å². The quantitative estimate of drug-likeness (QED) is 0.803. The molecule has 2 aromatic heterocycles. The predicted molar refractivity (Wildman–Crippen MR) is 81.3 cm³/mol. The SMILES string of the molecule is Cc1c(Cl)cccc1-n1nnc(C(=O)O)c1-c1ccncc1. The minimum Gasteiger partial charge on any atom is -0.476 e. The van der Waals surface area contributed by atoms with E-state index in [1.807, 2.05) is 13.0 Å². The second kappa shape index (κ2) is 5.57. The maximum atomic E-state index is 11.4. The first kappa shape index (κ1) is 14.2. The summed E-state index contributed by atoms with van der Waals surface area (Å²) in [4.78, 5) is 15.4. The summed E-state index contributed by atoms with van der Waals surface area (Å²) in [6, 6.07) is 8.78. The Labute approximate surface area is 131 Å². The van der Waals surface area contributed by atoms with Crippen LogP contribution in [0.25, 0.3) is 16.9 Å². The van der Waals surface area contributed by atoms with Gasteiger partial charge in [-0.2, -0.15) is 0 Å². The van der Waals surface area contributed by atoms with Gasteiger partial charge in [-0.15, -0.1) is 5.10 Å². The Balaban J connectivity index is 2.30. The van der Waals surface area contributed by atoms with Crippen molar-refractivity contribution in [2.75, 3.05) is 0 Å². The van der Waals surface area contributed by atoms with E-state index < -0.39 is 5.97 Å². The smallest absolute Gasteiger partial charge is 0.358 e. The van der Waals surface area contributed by atoms with Gasteiger partial charge in [0.2, 0.25) is 0 Å². The van der Waals surface area contributed by atoms with Gasteiger partial charge in [-0.05, 0) is 36.8 Å². The number of nitrogens with zero attached hydrogens (tertiary/aromatic N) is 4. The Kier molecular flexibility index (Phi) is 3.60. The lowest BCUT2D eigenvalue weighted by Gasteiger charge is -2.10. The van der Waals surface area contributed by atoms with Gasteiger partial charge in [-0.25, -0.2) is 9.48 Å². The van der Waals surface area contributed by atoms with E-state index in [2.05, 4.69) is 15.3 Å². The van der Waals surface area contributed by atoms with Crippen LogP contribution in [0.4, 0.5) is 0 Å². The standard InChI is InChI=1S/C15H11ClN4O2/c1-9-11(16)3-2-4-12(9)20-14(10-5-7-17-8-6-10)13(15(21)22)18-19-20/h2-8H,1H3,(H,21,22). The minimum atomic E-state index is -1.14. The fraction of sp³-hybridized carbons (Fsp3) is 0.0667. The molecule has 6 nitrogen and oxygen atoms in total. The van der Waals surface area contributed by atoms with Gasteiger partial charge in [0.05, 0.1) is 5.69 Å². The van der Waals surface area contributed by atoms with Crippen molar-refractivity contribution >= 4 is 17.6 Å². The summed E-state index contributed by atoms with van der Waals surface area (Å²) in [5.74, 6) is -1.14. The van der Waals surface area contributed by atoms with Crippen LogP contribution in [0.15, 0.2) is 42.7 Å². The van der Waals surface area contributed by atoms with E-state index in [4.69, 9.17) is 11.6 Å². The summed E-state index contributed by atoms with van der Waals surface area (Å²) in [5.41, 5.74) is 2.41. The molecule has 3 aromatic rings. The lowest BCUT2D eigenvalue weighted by molar-refractivity contribution is 0.0691. The number of hydrogen-bond acceptors (Lipinski definition) is 4. The zero-order valence-corrected chi connectivity index (χ0v) is 12.3. The molecule has 0 radical (unpaired) electrons. The Bertz CT molecular complexity index is 846. The molecule has 0 aliphatic rings. The lowest BCUT2D eigenvalue weighted by Crippen LogP contribution is -2.04. The van der Waals surface area contributed by atoms with E-state index in [1.165, 1.54) is 4.68 Å². The highest BCUT2D eigenvalue weighted by atomic mass is 35.5. The molecule has 0 aliphatic heterocycles. The Morgan fingerprint density at radius 3 is 2.64 bits per heavy atom. The number of pyridine rings is 1. The Hall–Kier alpha value is -2.73.